The van der Waals surface area contributed by atoms with Crippen LogP contribution in [0.5, 0.6) is 0 Å². The van der Waals surface area contributed by atoms with Crippen molar-refractivity contribution in [1.82, 2.24) is 0 Å². The molecule has 0 amide bonds. The van der Waals surface area contributed by atoms with Gasteiger partial charge in [-0.05, 0) is 35.9 Å². The van der Waals surface area contributed by atoms with Crippen LogP contribution in [0.4, 0.5) is 4.39 Å². The molecule has 2 aromatic rings. The smallest absolute Gasteiger partial charge is 0.167 e. The van der Waals surface area contributed by atoms with E-state index >= 15 is 0 Å². The van der Waals surface area contributed by atoms with Gasteiger partial charge in [0, 0.05) is 20.9 Å². The Morgan fingerprint density at radius 3 is 2.61 bits per heavy atom. The van der Waals surface area contributed by atoms with Gasteiger partial charge in [0.15, 0.2) is 5.78 Å². The SMILES string of the molecule is O=C(Cc1cc(F)ccc1Br)c1cccc(Br)c1. The van der Waals surface area contributed by atoms with Crippen LogP contribution in [0.3, 0.4) is 0 Å². The highest BCUT2D eigenvalue weighted by Crippen LogP contribution is 2.20. The summed E-state index contributed by atoms with van der Waals surface area (Å²) < 4.78 is 14.7. The highest BCUT2D eigenvalue weighted by Gasteiger charge is 2.10. The molecule has 0 fully saturated rings. The summed E-state index contributed by atoms with van der Waals surface area (Å²) in [5, 5.41) is 0. The molecule has 18 heavy (non-hydrogen) atoms. The normalized spacial score (nSPS) is 10.4. The maximum atomic E-state index is 13.1. The lowest BCUT2D eigenvalue weighted by Gasteiger charge is -2.05. The Labute approximate surface area is 121 Å². The molecule has 0 N–H and O–H groups in total. The summed E-state index contributed by atoms with van der Waals surface area (Å²) in [6, 6.07) is 11.5. The van der Waals surface area contributed by atoms with Crippen LogP contribution in [0.1, 0.15) is 15.9 Å². The zero-order valence-electron chi connectivity index (χ0n) is 9.29. The molecule has 0 aliphatic carbocycles. The van der Waals surface area contributed by atoms with Gasteiger partial charge in [-0.3, -0.25) is 4.79 Å². The minimum Gasteiger partial charge on any atom is -0.294 e. The molecule has 0 spiro atoms. The van der Waals surface area contributed by atoms with Gasteiger partial charge in [0.2, 0.25) is 0 Å². The minimum atomic E-state index is -0.338. The monoisotopic (exact) mass is 370 g/mol. The number of benzene rings is 2. The number of ketones is 1. The second-order valence-corrected chi connectivity index (χ2v) is 5.62. The highest BCUT2D eigenvalue weighted by atomic mass is 79.9. The number of carbonyl (C=O) groups is 1. The van der Waals surface area contributed by atoms with E-state index in [0.29, 0.717) is 11.1 Å². The fourth-order valence-corrected chi connectivity index (χ4v) is 2.40. The third-order valence-electron chi connectivity index (χ3n) is 2.51. The van der Waals surface area contributed by atoms with Crippen molar-refractivity contribution in [1.29, 1.82) is 0 Å². The molecular weight excluding hydrogens is 363 g/mol. The first kappa shape index (κ1) is 13.4. The summed E-state index contributed by atoms with van der Waals surface area (Å²) in [6.45, 7) is 0. The number of Topliss-reactive ketones (excluding diaryl/α,β-unsaturated/α-hetero) is 1. The Kier molecular flexibility index (Phi) is 4.30. The minimum absolute atomic E-state index is 0.0393. The second kappa shape index (κ2) is 5.76. The van der Waals surface area contributed by atoms with Crippen LogP contribution < -0.4 is 0 Å². The lowest BCUT2D eigenvalue weighted by Crippen LogP contribution is -2.04. The van der Waals surface area contributed by atoms with Crippen LogP contribution >= 0.6 is 31.9 Å². The van der Waals surface area contributed by atoms with E-state index in [1.165, 1.54) is 12.1 Å². The van der Waals surface area contributed by atoms with Gasteiger partial charge in [0.1, 0.15) is 5.82 Å². The number of hydrogen-bond acceptors (Lipinski definition) is 1. The van der Waals surface area contributed by atoms with Gasteiger partial charge in [-0.25, -0.2) is 4.39 Å². The highest BCUT2D eigenvalue weighted by molar-refractivity contribution is 9.10. The lowest BCUT2D eigenvalue weighted by atomic mass is 10.0. The van der Waals surface area contributed by atoms with Crippen molar-refractivity contribution in [3.8, 4) is 0 Å². The lowest BCUT2D eigenvalue weighted by molar-refractivity contribution is 0.0992. The van der Waals surface area contributed by atoms with Gasteiger partial charge in [-0.2, -0.15) is 0 Å². The Hall–Kier alpha value is -1.00. The van der Waals surface area contributed by atoms with Crippen molar-refractivity contribution < 1.29 is 9.18 Å². The van der Waals surface area contributed by atoms with E-state index in [2.05, 4.69) is 31.9 Å². The average Bonchev–Trinajstić information content (AvgIpc) is 2.34. The van der Waals surface area contributed by atoms with Gasteiger partial charge in [0.05, 0.1) is 0 Å². The quantitative estimate of drug-likeness (QED) is 0.710. The second-order valence-electron chi connectivity index (χ2n) is 3.85. The van der Waals surface area contributed by atoms with Gasteiger partial charge >= 0.3 is 0 Å². The fourth-order valence-electron chi connectivity index (χ4n) is 1.62. The van der Waals surface area contributed by atoms with E-state index in [9.17, 15) is 9.18 Å². The molecule has 0 unspecified atom stereocenters. The number of hydrogen-bond donors (Lipinski definition) is 0. The molecule has 0 heterocycles. The maximum Gasteiger partial charge on any atom is 0.167 e. The first-order valence-corrected chi connectivity index (χ1v) is 6.87. The molecule has 0 radical (unpaired) electrons. The largest absolute Gasteiger partial charge is 0.294 e. The zero-order chi connectivity index (χ0) is 13.1. The van der Waals surface area contributed by atoms with Crippen LogP contribution in [0, 0.1) is 5.82 Å². The molecular formula is C14H9Br2FO. The standard InChI is InChI=1S/C14H9Br2FO/c15-11-3-1-2-9(6-11)14(18)8-10-7-12(17)4-5-13(10)16/h1-7H,8H2. The first-order chi connectivity index (χ1) is 8.56. The van der Waals surface area contributed by atoms with E-state index in [1.54, 1.807) is 24.3 Å². The van der Waals surface area contributed by atoms with Crippen LogP contribution in [-0.2, 0) is 6.42 Å². The maximum absolute atomic E-state index is 13.1. The van der Waals surface area contributed by atoms with Crippen LogP contribution in [0.2, 0.25) is 0 Å². The first-order valence-electron chi connectivity index (χ1n) is 5.29. The molecule has 0 saturated carbocycles. The molecule has 0 aliphatic heterocycles. The molecule has 4 heteroatoms. The average molecular weight is 372 g/mol. The van der Waals surface area contributed by atoms with Gasteiger partial charge in [0.25, 0.3) is 0 Å². The number of halogens is 3. The topological polar surface area (TPSA) is 17.1 Å². The molecule has 92 valence electrons. The third kappa shape index (κ3) is 3.27. The van der Waals surface area contributed by atoms with Crippen molar-refractivity contribution >= 4 is 37.6 Å². The fraction of sp³-hybridized carbons (Fsp3) is 0.0714. The third-order valence-corrected chi connectivity index (χ3v) is 3.77. The van der Waals surface area contributed by atoms with Crippen molar-refractivity contribution in [2.45, 2.75) is 6.42 Å². The van der Waals surface area contributed by atoms with E-state index in [4.69, 9.17) is 0 Å². The van der Waals surface area contributed by atoms with Gasteiger partial charge in [-0.15, -0.1) is 0 Å². The zero-order valence-corrected chi connectivity index (χ0v) is 12.5. The molecule has 2 aromatic carbocycles. The van der Waals surface area contributed by atoms with E-state index < -0.39 is 0 Å². The van der Waals surface area contributed by atoms with Crippen molar-refractivity contribution in [2.24, 2.45) is 0 Å². The van der Waals surface area contributed by atoms with Gasteiger partial charge in [-0.1, -0.05) is 44.0 Å². The Bertz CT molecular complexity index is 596. The van der Waals surface area contributed by atoms with Crippen LogP contribution in [0.25, 0.3) is 0 Å². The molecule has 0 atom stereocenters. The number of carbonyl (C=O) groups excluding carboxylic acids is 1. The molecule has 0 bridgehead atoms. The summed E-state index contributed by atoms with van der Waals surface area (Å²) in [5.41, 5.74) is 1.26. The van der Waals surface area contributed by atoms with Crippen molar-refractivity contribution in [3.05, 3.63) is 68.4 Å². The Morgan fingerprint density at radius 1 is 1.11 bits per heavy atom. The predicted molar refractivity (Wildman–Crippen MR) is 76.3 cm³/mol. The Morgan fingerprint density at radius 2 is 1.89 bits per heavy atom. The van der Waals surface area contributed by atoms with E-state index in [1.807, 2.05) is 6.07 Å². The molecule has 2 rings (SSSR count). The summed E-state index contributed by atoms with van der Waals surface area (Å²) in [5.74, 6) is -0.377. The molecule has 1 nitrogen and oxygen atoms in total. The van der Waals surface area contributed by atoms with Crippen LogP contribution in [-0.4, -0.2) is 5.78 Å². The molecule has 0 saturated heterocycles. The van der Waals surface area contributed by atoms with E-state index in [-0.39, 0.29) is 18.0 Å². The summed E-state index contributed by atoms with van der Waals surface area (Å²) in [4.78, 5) is 12.1. The molecule has 0 aliphatic rings. The van der Waals surface area contributed by atoms with Crippen LogP contribution in [0.15, 0.2) is 51.4 Å². The summed E-state index contributed by atoms with van der Waals surface area (Å²) >= 11 is 6.64. The molecule has 0 aromatic heterocycles. The van der Waals surface area contributed by atoms with E-state index in [0.717, 1.165) is 8.95 Å². The number of rotatable bonds is 3. The predicted octanol–water partition coefficient (Wildman–Crippen LogP) is 4.78. The van der Waals surface area contributed by atoms with Crippen molar-refractivity contribution in [3.63, 3.8) is 0 Å². The summed E-state index contributed by atoms with van der Waals surface area (Å²) in [6.07, 6.45) is 0.175. The Balaban J connectivity index is 2.24. The summed E-state index contributed by atoms with van der Waals surface area (Å²) in [7, 11) is 0. The van der Waals surface area contributed by atoms with Crippen molar-refractivity contribution in [2.75, 3.05) is 0 Å². The van der Waals surface area contributed by atoms with Gasteiger partial charge < -0.3 is 0 Å².